The van der Waals surface area contributed by atoms with Crippen molar-refractivity contribution in [1.29, 1.82) is 0 Å². The van der Waals surface area contributed by atoms with E-state index in [-0.39, 0.29) is 28.3 Å². The number of ether oxygens (including phenoxy) is 2. The van der Waals surface area contributed by atoms with Gasteiger partial charge in [0.05, 0.1) is 54.1 Å². The van der Waals surface area contributed by atoms with Crippen LogP contribution in [0.15, 0.2) is 48.5 Å². The van der Waals surface area contributed by atoms with Crippen molar-refractivity contribution >= 4 is 32.5 Å². The van der Waals surface area contributed by atoms with E-state index in [1.807, 2.05) is 0 Å². The van der Waals surface area contributed by atoms with Crippen LogP contribution in [0.1, 0.15) is 28.5 Å². The molecule has 1 amide bonds. The maximum absolute atomic E-state index is 14.8. The standard InChI is InChI=1S/C26H25FN4O5S/c1-15-24-19(26(32)28-16-8-9-22(35-2)23(12-16)36-3)13-21(18-6-4-5-7-20(18)27)29-25(24)31(30-15)17-10-11-37(33,34)14-17/h4-9,12-13,17H,10-11,14H2,1-3H3,(H,28,32). The minimum absolute atomic E-state index is 0.0533. The number of carbonyl (C=O) groups is 1. The van der Waals surface area contributed by atoms with Crippen LogP contribution in [-0.4, -0.2) is 54.8 Å². The zero-order valence-corrected chi connectivity index (χ0v) is 21.3. The topological polar surface area (TPSA) is 112 Å². The van der Waals surface area contributed by atoms with Gasteiger partial charge in [-0.1, -0.05) is 12.1 Å². The molecule has 1 aliphatic rings. The number of halogens is 1. The first-order chi connectivity index (χ1) is 17.7. The molecule has 0 saturated carbocycles. The Balaban J connectivity index is 1.66. The van der Waals surface area contributed by atoms with E-state index in [1.165, 1.54) is 26.4 Å². The van der Waals surface area contributed by atoms with Gasteiger partial charge in [0.15, 0.2) is 27.0 Å². The Morgan fingerprint density at radius 2 is 1.86 bits per heavy atom. The molecule has 192 valence electrons. The number of carbonyl (C=O) groups excluding carboxylic acids is 1. The van der Waals surface area contributed by atoms with E-state index in [0.29, 0.717) is 40.3 Å². The van der Waals surface area contributed by atoms with E-state index in [9.17, 15) is 17.6 Å². The number of pyridine rings is 1. The summed E-state index contributed by atoms with van der Waals surface area (Å²) in [5, 5.41) is 7.91. The van der Waals surface area contributed by atoms with Crippen LogP contribution >= 0.6 is 0 Å². The largest absolute Gasteiger partial charge is 0.493 e. The van der Waals surface area contributed by atoms with Crippen molar-refractivity contribution in [3.05, 3.63) is 65.6 Å². The summed E-state index contributed by atoms with van der Waals surface area (Å²) in [5.74, 6) is -0.0126. The molecular formula is C26H25FN4O5S. The first kappa shape index (κ1) is 24.7. The number of fused-ring (bicyclic) bond motifs is 1. The van der Waals surface area contributed by atoms with Crippen LogP contribution in [0, 0.1) is 12.7 Å². The molecule has 37 heavy (non-hydrogen) atoms. The molecule has 1 aliphatic heterocycles. The molecule has 1 atom stereocenters. The first-order valence-electron chi connectivity index (χ1n) is 11.6. The monoisotopic (exact) mass is 524 g/mol. The lowest BCUT2D eigenvalue weighted by atomic mass is 10.0. The van der Waals surface area contributed by atoms with E-state index in [4.69, 9.17) is 9.47 Å². The van der Waals surface area contributed by atoms with Crippen LogP contribution in [0.3, 0.4) is 0 Å². The van der Waals surface area contributed by atoms with Crippen molar-refractivity contribution in [2.24, 2.45) is 0 Å². The number of rotatable bonds is 6. The molecule has 0 bridgehead atoms. The lowest BCUT2D eigenvalue weighted by Gasteiger charge is -2.13. The highest BCUT2D eigenvalue weighted by molar-refractivity contribution is 7.91. The Hall–Kier alpha value is -3.99. The highest BCUT2D eigenvalue weighted by atomic mass is 32.2. The summed E-state index contributed by atoms with van der Waals surface area (Å²) in [6.07, 6.45) is 0.386. The highest BCUT2D eigenvalue weighted by Crippen LogP contribution is 2.34. The molecule has 2 aromatic carbocycles. The van der Waals surface area contributed by atoms with Gasteiger partial charge in [0.2, 0.25) is 0 Å². The average molecular weight is 525 g/mol. The molecule has 0 radical (unpaired) electrons. The molecule has 4 aromatic rings. The maximum atomic E-state index is 14.8. The number of hydrogen-bond donors (Lipinski definition) is 1. The van der Waals surface area contributed by atoms with Crippen LogP contribution in [-0.2, 0) is 9.84 Å². The number of aromatic nitrogens is 3. The second-order valence-corrected chi connectivity index (χ2v) is 11.1. The molecule has 1 saturated heterocycles. The molecule has 1 fully saturated rings. The Morgan fingerprint density at radius 3 is 2.54 bits per heavy atom. The number of anilines is 1. The van der Waals surface area contributed by atoms with E-state index < -0.39 is 27.6 Å². The van der Waals surface area contributed by atoms with Crippen molar-refractivity contribution in [1.82, 2.24) is 14.8 Å². The summed E-state index contributed by atoms with van der Waals surface area (Å²) < 4.78 is 51.2. The van der Waals surface area contributed by atoms with Crippen molar-refractivity contribution in [3.8, 4) is 22.8 Å². The molecule has 0 aliphatic carbocycles. The van der Waals surface area contributed by atoms with E-state index in [2.05, 4.69) is 15.4 Å². The molecule has 5 rings (SSSR count). The van der Waals surface area contributed by atoms with Gasteiger partial charge in [-0.25, -0.2) is 22.5 Å². The molecule has 1 N–H and O–H groups in total. The molecule has 0 spiro atoms. The summed E-state index contributed by atoms with van der Waals surface area (Å²) >= 11 is 0. The van der Waals surface area contributed by atoms with Crippen LogP contribution in [0.2, 0.25) is 0 Å². The fourth-order valence-electron chi connectivity index (χ4n) is 4.63. The van der Waals surface area contributed by atoms with Crippen LogP contribution in [0.4, 0.5) is 10.1 Å². The first-order valence-corrected chi connectivity index (χ1v) is 13.4. The quantitative estimate of drug-likeness (QED) is 0.403. The van der Waals surface area contributed by atoms with Gasteiger partial charge in [0.25, 0.3) is 5.91 Å². The van der Waals surface area contributed by atoms with Gasteiger partial charge >= 0.3 is 0 Å². The Labute approximate surface area is 213 Å². The van der Waals surface area contributed by atoms with E-state index >= 15 is 0 Å². The summed E-state index contributed by atoms with van der Waals surface area (Å²) in [7, 11) is -0.186. The second-order valence-electron chi connectivity index (χ2n) is 8.84. The van der Waals surface area contributed by atoms with Gasteiger partial charge < -0.3 is 14.8 Å². The van der Waals surface area contributed by atoms with Crippen molar-refractivity contribution in [2.75, 3.05) is 31.0 Å². The van der Waals surface area contributed by atoms with E-state index in [0.717, 1.165) is 0 Å². The van der Waals surface area contributed by atoms with Crippen LogP contribution in [0.5, 0.6) is 11.5 Å². The number of sulfone groups is 1. The van der Waals surface area contributed by atoms with Crippen LogP contribution < -0.4 is 14.8 Å². The fourth-order valence-corrected chi connectivity index (χ4v) is 6.33. The number of benzene rings is 2. The third-order valence-corrected chi connectivity index (χ3v) is 8.18. The van der Waals surface area contributed by atoms with Crippen molar-refractivity contribution in [3.63, 3.8) is 0 Å². The maximum Gasteiger partial charge on any atom is 0.256 e. The van der Waals surface area contributed by atoms with Crippen molar-refractivity contribution in [2.45, 2.75) is 19.4 Å². The number of methoxy groups -OCH3 is 2. The van der Waals surface area contributed by atoms with Crippen molar-refractivity contribution < 1.29 is 27.1 Å². The normalized spacial score (nSPS) is 16.6. The Morgan fingerprint density at radius 1 is 1.11 bits per heavy atom. The number of amides is 1. The SMILES string of the molecule is COc1ccc(NC(=O)c2cc(-c3ccccc3F)nc3c2c(C)nn3C2CCS(=O)(=O)C2)cc1OC. The number of aryl methyl sites for hydroxylation is 1. The molecule has 2 aromatic heterocycles. The van der Waals surface area contributed by atoms with E-state index in [1.54, 1.807) is 48.0 Å². The van der Waals surface area contributed by atoms with Gasteiger partial charge in [-0.05, 0) is 43.7 Å². The third-order valence-electron chi connectivity index (χ3n) is 6.43. The fraction of sp³-hybridized carbons (Fsp3) is 0.269. The summed E-state index contributed by atoms with van der Waals surface area (Å²) in [4.78, 5) is 18.3. The zero-order chi connectivity index (χ0) is 26.3. The lowest BCUT2D eigenvalue weighted by Crippen LogP contribution is -2.15. The summed E-state index contributed by atoms with van der Waals surface area (Å²) in [6, 6.07) is 12.2. The van der Waals surface area contributed by atoms with Gasteiger partial charge in [-0.15, -0.1) is 0 Å². The van der Waals surface area contributed by atoms with Crippen LogP contribution in [0.25, 0.3) is 22.3 Å². The lowest BCUT2D eigenvalue weighted by molar-refractivity contribution is 0.102. The zero-order valence-electron chi connectivity index (χ0n) is 20.5. The predicted molar refractivity (Wildman–Crippen MR) is 137 cm³/mol. The number of nitrogens with zero attached hydrogens (tertiary/aromatic N) is 3. The second kappa shape index (κ2) is 9.47. The predicted octanol–water partition coefficient (Wildman–Crippen LogP) is 4.17. The smallest absolute Gasteiger partial charge is 0.256 e. The number of hydrogen-bond acceptors (Lipinski definition) is 7. The molecule has 9 nitrogen and oxygen atoms in total. The highest BCUT2D eigenvalue weighted by Gasteiger charge is 2.32. The minimum atomic E-state index is -3.20. The minimum Gasteiger partial charge on any atom is -0.493 e. The average Bonchev–Trinajstić information content (AvgIpc) is 3.42. The Kier molecular flexibility index (Phi) is 6.32. The van der Waals surface area contributed by atoms with Gasteiger partial charge in [0.1, 0.15) is 5.82 Å². The number of nitrogens with one attached hydrogen (secondary N) is 1. The molecule has 3 heterocycles. The van der Waals surface area contributed by atoms with Gasteiger partial charge in [-0.2, -0.15) is 5.10 Å². The van der Waals surface area contributed by atoms with Gasteiger partial charge in [0, 0.05) is 17.3 Å². The third kappa shape index (κ3) is 4.62. The van der Waals surface area contributed by atoms with Gasteiger partial charge in [-0.3, -0.25) is 4.79 Å². The Bertz CT molecular complexity index is 1630. The summed E-state index contributed by atoms with van der Waals surface area (Å²) in [6.45, 7) is 1.74. The summed E-state index contributed by atoms with van der Waals surface area (Å²) in [5.41, 5.74) is 2.01. The molecule has 11 heteroatoms. The molecule has 1 unspecified atom stereocenters. The molecular weight excluding hydrogens is 499 g/mol.